The fraction of sp³-hybridized carbons (Fsp3) is 0.444. The van der Waals surface area contributed by atoms with Crippen LogP contribution in [0.1, 0.15) is 6.42 Å². The monoisotopic (exact) mass is 444 g/mol. The molecule has 0 bridgehead atoms. The molecule has 1 saturated heterocycles. The molecule has 1 amide bonds. The maximum Gasteiger partial charge on any atom is 0.267 e. The Labute approximate surface area is 175 Å². The van der Waals surface area contributed by atoms with Crippen LogP contribution in [0.25, 0.3) is 0 Å². The van der Waals surface area contributed by atoms with Crippen molar-refractivity contribution in [2.24, 2.45) is 0 Å². The minimum atomic E-state index is -3.10. The molecular weight excluding hydrogens is 423 g/mol. The minimum Gasteiger partial charge on any atom is -0.371 e. The highest BCUT2D eigenvalue weighted by molar-refractivity contribution is 7.91. The third kappa shape index (κ3) is 6.11. The molecule has 1 heterocycles. The molecule has 2 rings (SSSR count). The van der Waals surface area contributed by atoms with E-state index in [-0.39, 0.29) is 33.2 Å². The number of nitrogens with one attached hydrogen (secondary N) is 1. The largest absolute Gasteiger partial charge is 0.371 e. The molecule has 0 aromatic heterocycles. The zero-order chi connectivity index (χ0) is 20.9. The Morgan fingerprint density at radius 3 is 2.64 bits per heavy atom. The zero-order valence-electron chi connectivity index (χ0n) is 15.7. The predicted molar refractivity (Wildman–Crippen MR) is 111 cm³/mol. The fourth-order valence-corrected chi connectivity index (χ4v) is 4.89. The number of benzene rings is 1. The van der Waals surface area contributed by atoms with E-state index in [9.17, 15) is 18.5 Å². The van der Waals surface area contributed by atoms with Gasteiger partial charge in [0.1, 0.15) is 11.6 Å². The maximum absolute atomic E-state index is 12.6. The van der Waals surface area contributed by atoms with Crippen LogP contribution < -0.4 is 5.32 Å². The normalized spacial score (nSPS) is 18.7. The number of carbonyl (C=O) groups excluding carboxylic acids is 1. The van der Waals surface area contributed by atoms with Crippen LogP contribution in [0.3, 0.4) is 0 Å². The van der Waals surface area contributed by atoms with Gasteiger partial charge in [-0.1, -0.05) is 29.3 Å². The third-order valence-electron chi connectivity index (χ3n) is 4.34. The lowest BCUT2D eigenvalue weighted by Crippen LogP contribution is -2.37. The Kier molecular flexibility index (Phi) is 7.72. The van der Waals surface area contributed by atoms with E-state index in [4.69, 9.17) is 23.2 Å². The van der Waals surface area contributed by atoms with Crippen LogP contribution in [0, 0.1) is 11.3 Å². The summed E-state index contributed by atoms with van der Waals surface area (Å²) in [4.78, 5) is 16.3. The molecular formula is C18H22Cl2N4O3S. The lowest BCUT2D eigenvalue weighted by molar-refractivity contribution is -0.112. The van der Waals surface area contributed by atoms with Gasteiger partial charge in [-0.15, -0.1) is 0 Å². The number of rotatable bonds is 7. The van der Waals surface area contributed by atoms with Crippen LogP contribution in [0.15, 0.2) is 30.0 Å². The van der Waals surface area contributed by atoms with Crippen molar-refractivity contribution in [2.45, 2.75) is 12.5 Å². The Balaban J connectivity index is 2.24. The quantitative estimate of drug-likeness (QED) is 0.512. The molecule has 1 aliphatic heterocycles. The predicted octanol–water partition coefficient (Wildman–Crippen LogP) is 2.39. The molecule has 152 valence electrons. The number of hydrogen-bond donors (Lipinski definition) is 1. The van der Waals surface area contributed by atoms with Crippen molar-refractivity contribution < 1.29 is 13.2 Å². The molecule has 0 radical (unpaired) electrons. The number of likely N-dealkylation sites (N-methyl/N-ethyl adjacent to an activating group) is 1. The maximum atomic E-state index is 12.6. The van der Waals surface area contributed by atoms with Gasteiger partial charge in [-0.3, -0.25) is 4.79 Å². The van der Waals surface area contributed by atoms with Crippen molar-refractivity contribution in [3.63, 3.8) is 0 Å². The van der Waals surface area contributed by atoms with E-state index in [1.54, 1.807) is 23.1 Å². The van der Waals surface area contributed by atoms with Gasteiger partial charge in [0.05, 0.1) is 27.2 Å². The van der Waals surface area contributed by atoms with Gasteiger partial charge >= 0.3 is 0 Å². The lowest BCUT2D eigenvalue weighted by atomic mass is 10.2. The van der Waals surface area contributed by atoms with E-state index < -0.39 is 15.7 Å². The van der Waals surface area contributed by atoms with E-state index in [2.05, 4.69) is 5.32 Å². The molecule has 1 atom stereocenters. The van der Waals surface area contributed by atoms with Crippen molar-refractivity contribution in [1.29, 1.82) is 5.26 Å². The lowest BCUT2D eigenvalue weighted by Gasteiger charge is -2.28. The first-order valence-corrected chi connectivity index (χ1v) is 11.2. The van der Waals surface area contributed by atoms with Crippen molar-refractivity contribution in [2.75, 3.05) is 44.0 Å². The molecule has 10 heteroatoms. The summed E-state index contributed by atoms with van der Waals surface area (Å²) >= 11 is 12.0. The second kappa shape index (κ2) is 9.61. The topological polar surface area (TPSA) is 93.5 Å². The number of sulfone groups is 1. The van der Waals surface area contributed by atoms with Gasteiger partial charge in [0.25, 0.3) is 5.91 Å². The average molecular weight is 445 g/mol. The van der Waals surface area contributed by atoms with E-state index in [1.807, 2.05) is 25.1 Å². The van der Waals surface area contributed by atoms with Gasteiger partial charge < -0.3 is 15.1 Å². The van der Waals surface area contributed by atoms with Gasteiger partial charge in [-0.25, -0.2) is 8.42 Å². The number of halogens is 2. The standard InChI is InChI=1S/C18H22Cl2N4O3S/c1-23(2)7-8-24(14-6-9-28(26,27)12-14)11-13(10-21)18(25)22-16-5-3-4-15(19)17(16)20/h3-5,11,14H,6-9,12H2,1-2H3,(H,22,25)/b13-11-. The highest BCUT2D eigenvalue weighted by atomic mass is 35.5. The van der Waals surface area contributed by atoms with E-state index >= 15 is 0 Å². The SMILES string of the molecule is CN(C)CCN(/C=C(/C#N)C(=O)Nc1cccc(Cl)c1Cl)C1CCS(=O)(=O)C1. The van der Waals surface area contributed by atoms with Crippen molar-refractivity contribution in [3.8, 4) is 6.07 Å². The number of carbonyl (C=O) groups is 1. The van der Waals surface area contributed by atoms with Gasteiger partial charge in [-0.05, 0) is 32.6 Å². The summed E-state index contributed by atoms with van der Waals surface area (Å²) in [6, 6.07) is 6.42. The highest BCUT2D eigenvalue weighted by Crippen LogP contribution is 2.29. The summed E-state index contributed by atoms with van der Waals surface area (Å²) in [5.74, 6) is -0.518. The molecule has 28 heavy (non-hydrogen) atoms. The van der Waals surface area contributed by atoms with Crippen molar-refractivity contribution in [3.05, 3.63) is 40.0 Å². The Morgan fingerprint density at radius 1 is 1.36 bits per heavy atom. The van der Waals surface area contributed by atoms with Gasteiger partial charge in [0.2, 0.25) is 0 Å². The molecule has 0 spiro atoms. The van der Waals surface area contributed by atoms with Gasteiger partial charge in [-0.2, -0.15) is 5.26 Å². The smallest absolute Gasteiger partial charge is 0.267 e. The fourth-order valence-electron chi connectivity index (χ4n) is 2.80. The number of nitriles is 1. The van der Waals surface area contributed by atoms with Crippen LogP contribution >= 0.6 is 23.2 Å². The molecule has 0 aliphatic carbocycles. The Morgan fingerprint density at radius 2 is 2.07 bits per heavy atom. The summed E-state index contributed by atoms with van der Waals surface area (Å²) in [6.07, 6.45) is 1.90. The molecule has 1 aliphatic rings. The number of anilines is 1. The molecule has 1 unspecified atom stereocenters. The van der Waals surface area contributed by atoms with Crippen LogP contribution in [-0.2, 0) is 14.6 Å². The number of nitrogens with zero attached hydrogens (tertiary/aromatic N) is 3. The van der Waals surface area contributed by atoms with Gasteiger partial charge in [0.15, 0.2) is 9.84 Å². The van der Waals surface area contributed by atoms with Crippen molar-refractivity contribution >= 4 is 44.6 Å². The summed E-state index contributed by atoms with van der Waals surface area (Å²) in [5.41, 5.74) is 0.155. The van der Waals surface area contributed by atoms with E-state index in [1.165, 1.54) is 6.20 Å². The molecule has 1 aromatic rings. The number of hydrogen-bond acceptors (Lipinski definition) is 6. The molecule has 1 aromatic carbocycles. The van der Waals surface area contributed by atoms with Crippen LogP contribution in [0.5, 0.6) is 0 Å². The Hall–Kier alpha value is -1.79. The van der Waals surface area contributed by atoms with Crippen LogP contribution in [0.4, 0.5) is 5.69 Å². The Bertz CT molecular complexity index is 910. The van der Waals surface area contributed by atoms with Crippen LogP contribution in [-0.4, -0.2) is 68.9 Å². The van der Waals surface area contributed by atoms with Crippen molar-refractivity contribution in [1.82, 2.24) is 9.80 Å². The summed E-state index contributed by atoms with van der Waals surface area (Å²) in [6.45, 7) is 1.14. The second-order valence-corrected chi connectivity index (χ2v) is 9.82. The molecule has 1 N–H and O–H groups in total. The summed E-state index contributed by atoms with van der Waals surface area (Å²) < 4.78 is 23.7. The van der Waals surface area contributed by atoms with E-state index in [0.29, 0.717) is 25.2 Å². The zero-order valence-corrected chi connectivity index (χ0v) is 18.0. The summed E-state index contributed by atoms with van der Waals surface area (Å²) in [7, 11) is 0.690. The van der Waals surface area contributed by atoms with Crippen LogP contribution in [0.2, 0.25) is 10.0 Å². The minimum absolute atomic E-state index is 0.0113. The molecule has 0 saturated carbocycles. The average Bonchev–Trinajstić information content (AvgIpc) is 2.98. The third-order valence-corrected chi connectivity index (χ3v) is 6.91. The number of amides is 1. The van der Waals surface area contributed by atoms with E-state index in [0.717, 1.165) is 0 Å². The summed E-state index contributed by atoms with van der Waals surface area (Å²) in [5, 5.41) is 12.5. The first-order chi connectivity index (χ1) is 13.1. The second-order valence-electron chi connectivity index (χ2n) is 6.81. The van der Waals surface area contributed by atoms with Gasteiger partial charge in [0, 0.05) is 25.3 Å². The molecule has 1 fully saturated rings. The first kappa shape index (κ1) is 22.5. The highest BCUT2D eigenvalue weighted by Gasteiger charge is 2.31. The first-order valence-electron chi connectivity index (χ1n) is 8.61. The molecule has 7 nitrogen and oxygen atoms in total.